The number of carbonyl (C=O) groups is 1. The first-order chi connectivity index (χ1) is 11.6. The highest BCUT2D eigenvalue weighted by molar-refractivity contribution is 5.86. The first-order valence-corrected chi connectivity index (χ1v) is 7.86. The molecule has 0 unspecified atom stereocenters. The van der Waals surface area contributed by atoms with Gasteiger partial charge in [-0.3, -0.25) is 10.0 Å². The third-order valence-corrected chi connectivity index (χ3v) is 3.31. The van der Waals surface area contributed by atoms with E-state index in [1.54, 1.807) is 30.3 Å². The maximum Gasteiger partial charge on any atom is 0.267 e. The summed E-state index contributed by atoms with van der Waals surface area (Å²) in [5.74, 6) is 0.0212. The van der Waals surface area contributed by atoms with Crippen LogP contribution in [0.25, 0.3) is 0 Å². The summed E-state index contributed by atoms with van der Waals surface area (Å²) in [5.41, 5.74) is 2.21. The van der Waals surface area contributed by atoms with Crippen LogP contribution in [0, 0.1) is 0 Å². The first kappa shape index (κ1) is 20.1. The number of amides is 1. The average molecular weight is 339 g/mol. The van der Waals surface area contributed by atoms with E-state index in [2.05, 4.69) is 0 Å². The van der Waals surface area contributed by atoms with E-state index in [4.69, 9.17) is 19.8 Å². The van der Waals surface area contributed by atoms with E-state index in [0.29, 0.717) is 30.8 Å². The Morgan fingerprint density at radius 1 is 1.33 bits per heavy atom. The number of aliphatic hydroxyl groups is 2. The number of hydrogen-bond acceptors (Lipinski definition) is 6. The van der Waals surface area contributed by atoms with Crippen LogP contribution in [0.1, 0.15) is 31.4 Å². The van der Waals surface area contributed by atoms with Crippen molar-refractivity contribution in [3.8, 4) is 5.75 Å². The van der Waals surface area contributed by atoms with E-state index < -0.39 is 18.1 Å². The Morgan fingerprint density at radius 3 is 2.62 bits per heavy atom. The second-order valence-corrected chi connectivity index (χ2v) is 5.04. The lowest BCUT2D eigenvalue weighted by atomic mass is 10.0. The Morgan fingerprint density at radius 2 is 2.04 bits per heavy atom. The van der Waals surface area contributed by atoms with Crippen LogP contribution in [-0.2, 0) is 9.53 Å². The van der Waals surface area contributed by atoms with Gasteiger partial charge >= 0.3 is 0 Å². The number of ether oxygens (including phenoxy) is 2. The highest BCUT2D eigenvalue weighted by atomic mass is 16.5. The van der Waals surface area contributed by atoms with E-state index >= 15 is 0 Å². The van der Waals surface area contributed by atoms with Gasteiger partial charge in [-0.2, -0.15) is 0 Å². The molecule has 1 amide bonds. The molecule has 0 aromatic heterocycles. The quantitative estimate of drug-likeness (QED) is 0.275. The van der Waals surface area contributed by atoms with Gasteiger partial charge in [-0.05, 0) is 37.5 Å². The third-order valence-electron chi connectivity index (χ3n) is 3.31. The predicted molar refractivity (Wildman–Crippen MR) is 87.7 cm³/mol. The number of carbonyl (C=O) groups excluding carboxylic acids is 1. The molecule has 0 saturated heterocycles. The average Bonchev–Trinajstić information content (AvgIpc) is 2.62. The molecule has 0 spiro atoms. The highest BCUT2D eigenvalue weighted by Crippen LogP contribution is 2.25. The molecule has 0 aliphatic heterocycles. The zero-order chi connectivity index (χ0) is 17.8. The van der Waals surface area contributed by atoms with Crippen molar-refractivity contribution in [2.24, 2.45) is 0 Å². The Kier molecular flexibility index (Phi) is 9.71. The van der Waals surface area contributed by atoms with Gasteiger partial charge in [0.25, 0.3) is 5.91 Å². The van der Waals surface area contributed by atoms with Crippen LogP contribution >= 0.6 is 0 Å². The largest absolute Gasteiger partial charge is 0.491 e. The molecule has 0 saturated carbocycles. The second kappa shape index (κ2) is 11.6. The number of benzene rings is 1. The second-order valence-electron chi connectivity index (χ2n) is 5.04. The highest BCUT2D eigenvalue weighted by Gasteiger charge is 2.20. The molecule has 0 heterocycles. The molecule has 134 valence electrons. The number of hydrogen-bond donors (Lipinski definition) is 4. The van der Waals surface area contributed by atoms with Gasteiger partial charge in [0.15, 0.2) is 0 Å². The minimum atomic E-state index is -0.808. The number of allylic oxidation sites excluding steroid dienone is 1. The van der Waals surface area contributed by atoms with E-state index in [1.807, 2.05) is 6.92 Å². The normalized spacial score (nSPS) is 13.7. The number of nitrogens with one attached hydrogen (secondary N) is 1. The molecule has 0 bridgehead atoms. The van der Waals surface area contributed by atoms with Crippen LogP contribution in [0.15, 0.2) is 36.4 Å². The van der Waals surface area contributed by atoms with Crippen LogP contribution in [0.3, 0.4) is 0 Å². The molecule has 24 heavy (non-hydrogen) atoms. The van der Waals surface area contributed by atoms with Crippen molar-refractivity contribution < 1.29 is 29.7 Å². The standard InChI is InChI=1S/C17H25NO6/c1-2-23-15(5-3-4-6-16(20)18-22)17(21)13-7-9-14(10-8-13)24-12-11-19/h4,6-10,15,17,19,21-22H,2-3,5,11-12H2,1H3,(H,18,20)/b6-4+/t15-,17-/m0/s1. The molecular weight excluding hydrogens is 314 g/mol. The smallest absolute Gasteiger partial charge is 0.267 e. The van der Waals surface area contributed by atoms with Gasteiger partial charge < -0.3 is 19.7 Å². The molecule has 1 aromatic rings. The van der Waals surface area contributed by atoms with Gasteiger partial charge in [0, 0.05) is 12.7 Å². The van der Waals surface area contributed by atoms with Crippen LogP contribution in [-0.4, -0.2) is 47.3 Å². The lowest BCUT2D eigenvalue weighted by Gasteiger charge is -2.23. The lowest BCUT2D eigenvalue weighted by molar-refractivity contribution is -0.124. The predicted octanol–water partition coefficient (Wildman–Crippen LogP) is 1.34. The molecule has 7 heteroatoms. The van der Waals surface area contributed by atoms with Crippen molar-refractivity contribution in [2.45, 2.75) is 32.0 Å². The van der Waals surface area contributed by atoms with Crippen molar-refractivity contribution >= 4 is 5.91 Å². The molecule has 1 aromatic carbocycles. The molecule has 7 nitrogen and oxygen atoms in total. The number of aliphatic hydroxyl groups excluding tert-OH is 2. The van der Waals surface area contributed by atoms with Crippen molar-refractivity contribution in [2.75, 3.05) is 19.8 Å². The van der Waals surface area contributed by atoms with Gasteiger partial charge in [0.1, 0.15) is 18.5 Å². The Bertz CT molecular complexity index is 502. The summed E-state index contributed by atoms with van der Waals surface area (Å²) in [6.07, 6.45) is 2.65. The van der Waals surface area contributed by atoms with Crippen LogP contribution in [0.4, 0.5) is 0 Å². The van der Waals surface area contributed by atoms with E-state index in [-0.39, 0.29) is 13.2 Å². The number of rotatable bonds is 11. The monoisotopic (exact) mass is 339 g/mol. The molecule has 2 atom stereocenters. The fourth-order valence-corrected chi connectivity index (χ4v) is 2.17. The summed E-state index contributed by atoms with van der Waals surface area (Å²) in [7, 11) is 0. The third kappa shape index (κ3) is 7.10. The van der Waals surface area contributed by atoms with Crippen molar-refractivity contribution in [3.63, 3.8) is 0 Å². The Labute approximate surface area is 141 Å². The van der Waals surface area contributed by atoms with Gasteiger partial charge in [0.05, 0.1) is 12.7 Å². The van der Waals surface area contributed by atoms with Crippen molar-refractivity contribution in [1.82, 2.24) is 5.48 Å². The molecule has 0 radical (unpaired) electrons. The maximum atomic E-state index is 10.9. The molecule has 0 aliphatic rings. The fourth-order valence-electron chi connectivity index (χ4n) is 2.17. The summed E-state index contributed by atoms with van der Waals surface area (Å²) < 4.78 is 10.9. The van der Waals surface area contributed by atoms with Crippen LogP contribution in [0.2, 0.25) is 0 Å². The summed E-state index contributed by atoms with van der Waals surface area (Å²) in [6, 6.07) is 6.95. The van der Waals surface area contributed by atoms with Gasteiger partial charge in [-0.15, -0.1) is 0 Å². The van der Waals surface area contributed by atoms with Crippen molar-refractivity contribution in [3.05, 3.63) is 42.0 Å². The van der Waals surface area contributed by atoms with Gasteiger partial charge in [-0.25, -0.2) is 5.48 Å². The zero-order valence-electron chi connectivity index (χ0n) is 13.7. The molecule has 4 N–H and O–H groups in total. The zero-order valence-corrected chi connectivity index (χ0v) is 13.7. The topological polar surface area (TPSA) is 108 Å². The minimum Gasteiger partial charge on any atom is -0.491 e. The fraction of sp³-hybridized carbons (Fsp3) is 0.471. The molecule has 1 rings (SSSR count). The van der Waals surface area contributed by atoms with E-state index in [1.165, 1.54) is 11.6 Å². The summed E-state index contributed by atoms with van der Waals surface area (Å²) in [4.78, 5) is 10.9. The van der Waals surface area contributed by atoms with Crippen molar-refractivity contribution in [1.29, 1.82) is 0 Å². The van der Waals surface area contributed by atoms with E-state index in [9.17, 15) is 9.90 Å². The lowest BCUT2D eigenvalue weighted by Crippen LogP contribution is -2.22. The van der Waals surface area contributed by atoms with Crippen LogP contribution in [0.5, 0.6) is 5.75 Å². The van der Waals surface area contributed by atoms with E-state index in [0.717, 1.165) is 0 Å². The molecule has 0 fully saturated rings. The summed E-state index contributed by atoms with van der Waals surface area (Å²) in [5, 5.41) is 27.6. The maximum absolute atomic E-state index is 10.9. The number of hydroxylamine groups is 1. The summed E-state index contributed by atoms with van der Waals surface area (Å²) >= 11 is 0. The Balaban J connectivity index is 2.62. The van der Waals surface area contributed by atoms with Crippen LogP contribution < -0.4 is 10.2 Å². The molecular formula is C17H25NO6. The van der Waals surface area contributed by atoms with Gasteiger partial charge in [-0.1, -0.05) is 18.2 Å². The first-order valence-electron chi connectivity index (χ1n) is 7.86. The summed E-state index contributed by atoms with van der Waals surface area (Å²) in [6.45, 7) is 2.47. The Hall–Kier alpha value is -1.93. The SMILES string of the molecule is CCO[C@@H](CC/C=C/C(=O)NO)[C@@H](O)c1ccc(OCCO)cc1. The van der Waals surface area contributed by atoms with Gasteiger partial charge in [0.2, 0.25) is 0 Å². The minimum absolute atomic E-state index is 0.0569. The molecule has 0 aliphatic carbocycles.